The predicted octanol–water partition coefficient (Wildman–Crippen LogP) is 4.22. The van der Waals surface area contributed by atoms with E-state index in [2.05, 4.69) is 24.3 Å². The van der Waals surface area contributed by atoms with Crippen LogP contribution in [0.1, 0.15) is 50.1 Å². The quantitative estimate of drug-likeness (QED) is 0.484. The van der Waals surface area contributed by atoms with Crippen LogP contribution in [0.15, 0.2) is 59.5 Å². The largest absolute Gasteiger partial charge is 0.368 e. The van der Waals surface area contributed by atoms with Gasteiger partial charge in [0.15, 0.2) is 0 Å². The highest BCUT2D eigenvalue weighted by molar-refractivity contribution is 7.89. The Hall–Kier alpha value is -2.33. The van der Waals surface area contributed by atoms with Gasteiger partial charge in [0.25, 0.3) is 0 Å². The summed E-state index contributed by atoms with van der Waals surface area (Å²) >= 11 is 0. The molecule has 0 bridgehead atoms. The third-order valence-corrected chi connectivity index (χ3v) is 9.84. The lowest BCUT2D eigenvalue weighted by Gasteiger charge is -2.37. The number of amides is 1. The Morgan fingerprint density at radius 3 is 2.24 bits per heavy atom. The fraction of sp³-hybridized carbons (Fsp3) is 0.552. The van der Waals surface area contributed by atoms with Crippen LogP contribution in [-0.4, -0.2) is 70.0 Å². The lowest BCUT2D eigenvalue weighted by atomic mass is 9.76. The number of carbonyl (C=O) groups excluding carboxylic acids is 1. The van der Waals surface area contributed by atoms with Gasteiger partial charge in [0.2, 0.25) is 15.9 Å². The molecule has 38 heavy (non-hydrogen) atoms. The van der Waals surface area contributed by atoms with Crippen LogP contribution in [0, 0.1) is 17.7 Å². The molecule has 2 aromatic rings. The van der Waals surface area contributed by atoms with E-state index in [0.29, 0.717) is 49.2 Å². The van der Waals surface area contributed by atoms with E-state index < -0.39 is 10.0 Å². The number of sulfonamides is 1. The second kappa shape index (κ2) is 13.2. The number of nitrogens with one attached hydrogen (secondary N) is 1. The van der Waals surface area contributed by atoms with Crippen LogP contribution in [0.2, 0.25) is 0 Å². The first-order valence-electron chi connectivity index (χ1n) is 13.6. The van der Waals surface area contributed by atoms with E-state index in [1.54, 1.807) is 30.3 Å². The van der Waals surface area contributed by atoms with Gasteiger partial charge in [-0.15, -0.1) is 0 Å². The second-order valence-corrected chi connectivity index (χ2v) is 12.7. The molecule has 9 heteroatoms. The molecule has 2 aromatic carbocycles. The highest BCUT2D eigenvalue weighted by Gasteiger charge is 2.31. The number of piperidine rings is 1. The van der Waals surface area contributed by atoms with E-state index in [9.17, 15) is 17.6 Å². The topological polar surface area (TPSA) is 79.0 Å². The SMILES string of the molecule is CN(C)C(c1ccc(F)cc1)C1CCC(CNC(=O)COC2CCN(S(=O)(=O)c3ccccc3)CC2)CC1. The van der Waals surface area contributed by atoms with Gasteiger partial charge < -0.3 is 15.0 Å². The highest BCUT2D eigenvalue weighted by atomic mass is 32.2. The number of carbonyl (C=O) groups is 1. The van der Waals surface area contributed by atoms with Crippen molar-refractivity contribution in [2.24, 2.45) is 11.8 Å². The summed E-state index contributed by atoms with van der Waals surface area (Å²) in [6, 6.07) is 15.6. The molecule has 1 atom stereocenters. The molecule has 1 amide bonds. The number of halogens is 1. The van der Waals surface area contributed by atoms with Crippen LogP contribution in [0.3, 0.4) is 0 Å². The Balaban J connectivity index is 1.15. The molecular formula is C29H40FN3O4S. The van der Waals surface area contributed by atoms with Crippen molar-refractivity contribution in [1.29, 1.82) is 0 Å². The normalized spacial score (nSPS) is 22.3. The minimum Gasteiger partial charge on any atom is -0.368 e. The monoisotopic (exact) mass is 545 g/mol. The van der Waals surface area contributed by atoms with Gasteiger partial charge in [-0.1, -0.05) is 30.3 Å². The van der Waals surface area contributed by atoms with Crippen molar-refractivity contribution in [3.8, 4) is 0 Å². The third kappa shape index (κ3) is 7.40. The minimum atomic E-state index is -3.49. The summed E-state index contributed by atoms with van der Waals surface area (Å²) in [5, 5.41) is 3.03. The molecule has 7 nitrogen and oxygen atoms in total. The molecule has 1 unspecified atom stereocenters. The maximum atomic E-state index is 13.4. The summed E-state index contributed by atoms with van der Waals surface area (Å²) < 4.78 is 46.3. The van der Waals surface area contributed by atoms with Crippen molar-refractivity contribution in [2.75, 3.05) is 40.3 Å². The summed E-state index contributed by atoms with van der Waals surface area (Å²) in [6.07, 6.45) is 5.27. The molecular weight excluding hydrogens is 505 g/mol. The Morgan fingerprint density at radius 2 is 1.63 bits per heavy atom. The van der Waals surface area contributed by atoms with E-state index in [-0.39, 0.29) is 30.5 Å². The Kier molecular flexibility index (Phi) is 9.92. The van der Waals surface area contributed by atoms with Crippen LogP contribution in [0.5, 0.6) is 0 Å². The number of benzene rings is 2. The summed E-state index contributed by atoms with van der Waals surface area (Å²) in [5.74, 6) is 0.611. The van der Waals surface area contributed by atoms with Crippen LogP contribution < -0.4 is 5.32 Å². The molecule has 1 aliphatic carbocycles. The average molecular weight is 546 g/mol. The smallest absolute Gasteiger partial charge is 0.246 e. The van der Waals surface area contributed by atoms with Crippen LogP contribution >= 0.6 is 0 Å². The summed E-state index contributed by atoms with van der Waals surface area (Å²) in [6.45, 7) is 1.42. The zero-order valence-corrected chi connectivity index (χ0v) is 23.2. The maximum absolute atomic E-state index is 13.4. The standard InChI is InChI=1S/C29H40FN3O4S/c1-32(2)29(24-12-14-25(30)15-13-24)23-10-8-22(9-11-23)20-31-28(34)21-37-26-16-18-33(19-17-26)38(35,36)27-6-4-3-5-7-27/h3-7,12-15,22-23,26,29H,8-11,16-21H2,1-2H3,(H,31,34). The van der Waals surface area contributed by atoms with E-state index in [1.165, 1.54) is 16.4 Å². The van der Waals surface area contributed by atoms with Crippen LogP contribution in [0.25, 0.3) is 0 Å². The van der Waals surface area contributed by atoms with Crippen molar-refractivity contribution < 1.29 is 22.3 Å². The van der Waals surface area contributed by atoms with Crippen LogP contribution in [0.4, 0.5) is 4.39 Å². The van der Waals surface area contributed by atoms with Gasteiger partial charge in [0, 0.05) is 25.7 Å². The van der Waals surface area contributed by atoms with Crippen molar-refractivity contribution in [1.82, 2.24) is 14.5 Å². The number of hydrogen-bond acceptors (Lipinski definition) is 5. The molecule has 0 spiro atoms. The molecule has 1 heterocycles. The van der Waals surface area contributed by atoms with Crippen molar-refractivity contribution >= 4 is 15.9 Å². The van der Waals surface area contributed by atoms with Gasteiger partial charge in [0.1, 0.15) is 12.4 Å². The third-order valence-electron chi connectivity index (χ3n) is 7.93. The molecule has 4 rings (SSSR count). The molecule has 2 aliphatic rings. The van der Waals surface area contributed by atoms with Crippen LogP contribution in [-0.2, 0) is 19.6 Å². The average Bonchev–Trinajstić information content (AvgIpc) is 2.93. The lowest BCUT2D eigenvalue weighted by Crippen LogP contribution is -2.42. The summed E-state index contributed by atoms with van der Waals surface area (Å²) in [5.41, 5.74) is 1.15. The molecule has 208 valence electrons. The minimum absolute atomic E-state index is 0.00127. The first kappa shape index (κ1) is 28.7. The van der Waals surface area contributed by atoms with E-state index in [0.717, 1.165) is 31.2 Å². The number of nitrogens with zero attached hydrogens (tertiary/aromatic N) is 2. The number of rotatable bonds is 10. The van der Waals surface area contributed by atoms with Crippen molar-refractivity contribution in [3.05, 3.63) is 66.0 Å². The van der Waals surface area contributed by atoms with Crippen molar-refractivity contribution in [2.45, 2.75) is 55.6 Å². The van der Waals surface area contributed by atoms with Gasteiger partial charge in [-0.2, -0.15) is 4.31 Å². The first-order chi connectivity index (χ1) is 18.2. The molecule has 1 saturated heterocycles. The van der Waals surface area contributed by atoms with Crippen molar-refractivity contribution in [3.63, 3.8) is 0 Å². The Bertz CT molecular complexity index is 1130. The lowest BCUT2D eigenvalue weighted by molar-refractivity contribution is -0.128. The van der Waals surface area contributed by atoms with Gasteiger partial charge in [-0.05, 0) is 94.3 Å². The molecule has 0 aromatic heterocycles. The molecule has 1 aliphatic heterocycles. The Labute approximate surface area is 226 Å². The second-order valence-electron chi connectivity index (χ2n) is 10.8. The zero-order valence-electron chi connectivity index (χ0n) is 22.4. The number of ether oxygens (including phenoxy) is 1. The molecule has 0 radical (unpaired) electrons. The molecule has 1 saturated carbocycles. The molecule has 2 fully saturated rings. The number of hydrogen-bond donors (Lipinski definition) is 1. The zero-order chi connectivity index (χ0) is 27.1. The summed E-state index contributed by atoms with van der Waals surface area (Å²) in [7, 11) is 0.663. The fourth-order valence-electron chi connectivity index (χ4n) is 5.84. The van der Waals surface area contributed by atoms with Gasteiger partial charge >= 0.3 is 0 Å². The van der Waals surface area contributed by atoms with E-state index in [1.807, 2.05) is 12.1 Å². The van der Waals surface area contributed by atoms with Gasteiger partial charge in [-0.3, -0.25) is 4.79 Å². The fourth-order valence-corrected chi connectivity index (χ4v) is 7.33. The highest BCUT2D eigenvalue weighted by Crippen LogP contribution is 2.39. The van der Waals surface area contributed by atoms with Gasteiger partial charge in [0.05, 0.1) is 11.0 Å². The maximum Gasteiger partial charge on any atom is 0.246 e. The first-order valence-corrected chi connectivity index (χ1v) is 15.0. The predicted molar refractivity (Wildman–Crippen MR) is 145 cm³/mol. The van der Waals surface area contributed by atoms with E-state index in [4.69, 9.17) is 4.74 Å². The van der Waals surface area contributed by atoms with E-state index >= 15 is 0 Å². The van der Waals surface area contributed by atoms with Gasteiger partial charge in [-0.25, -0.2) is 12.8 Å². The summed E-state index contributed by atoms with van der Waals surface area (Å²) in [4.78, 5) is 15.0. The molecule has 1 N–H and O–H groups in total. The Morgan fingerprint density at radius 1 is 1.00 bits per heavy atom.